The Kier molecular flexibility index (Phi) is 6.14. The average molecular weight is 348 g/mol. The Hall–Kier alpha value is -2.61. The molecule has 0 spiro atoms. The zero-order chi connectivity index (χ0) is 17.5. The van der Waals surface area contributed by atoms with Crippen molar-refractivity contribution >= 4 is 29.0 Å². The van der Waals surface area contributed by atoms with E-state index in [1.165, 1.54) is 0 Å². The van der Waals surface area contributed by atoms with Gasteiger partial charge in [-0.2, -0.15) is 4.37 Å². The lowest BCUT2D eigenvalue weighted by Gasteiger charge is -2.06. The van der Waals surface area contributed by atoms with Crippen LogP contribution in [-0.4, -0.2) is 29.8 Å². The molecule has 128 valence electrons. The van der Waals surface area contributed by atoms with Gasteiger partial charge >= 0.3 is 0 Å². The third-order valence-electron chi connectivity index (χ3n) is 3.30. The number of benzene rings is 1. The number of methoxy groups -OCH3 is 1. The van der Waals surface area contributed by atoms with Crippen molar-refractivity contribution in [2.45, 2.75) is 19.9 Å². The van der Waals surface area contributed by atoms with Crippen molar-refractivity contribution in [3.63, 3.8) is 0 Å². The molecule has 0 radical (unpaired) electrons. The Morgan fingerprint density at radius 1 is 1.21 bits per heavy atom. The number of hydrogen-bond donors (Lipinski definition) is 3. The van der Waals surface area contributed by atoms with E-state index in [4.69, 9.17) is 10.5 Å². The Labute approximate surface area is 144 Å². The van der Waals surface area contributed by atoms with Gasteiger partial charge in [0.05, 0.1) is 12.8 Å². The molecule has 0 bridgehead atoms. The number of carbonyl (C=O) groups is 2. The number of nitrogens with two attached hydrogens (primary N) is 1. The lowest BCUT2D eigenvalue weighted by atomic mass is 10.2. The molecule has 2 rings (SSSR count). The maximum Gasteiger partial charge on any atom is 0.273 e. The summed E-state index contributed by atoms with van der Waals surface area (Å²) in [6.07, 6.45) is 0.811. The van der Waals surface area contributed by atoms with E-state index >= 15 is 0 Å². The second kappa shape index (κ2) is 8.30. The monoisotopic (exact) mass is 348 g/mol. The summed E-state index contributed by atoms with van der Waals surface area (Å²) in [7, 11) is 1.59. The van der Waals surface area contributed by atoms with Gasteiger partial charge in [0.25, 0.3) is 11.8 Å². The first-order valence-electron chi connectivity index (χ1n) is 7.51. The van der Waals surface area contributed by atoms with Crippen LogP contribution in [0, 0.1) is 0 Å². The molecule has 1 aromatic carbocycles. The van der Waals surface area contributed by atoms with E-state index < -0.39 is 0 Å². The van der Waals surface area contributed by atoms with Crippen LogP contribution in [0.2, 0.25) is 0 Å². The Balaban J connectivity index is 1.99. The van der Waals surface area contributed by atoms with E-state index in [0.717, 1.165) is 29.3 Å². The highest BCUT2D eigenvalue weighted by atomic mass is 32.1. The van der Waals surface area contributed by atoms with Gasteiger partial charge in [-0.15, -0.1) is 0 Å². The summed E-state index contributed by atoms with van der Waals surface area (Å²) in [5, 5.41) is 5.46. The van der Waals surface area contributed by atoms with E-state index in [9.17, 15) is 9.59 Å². The minimum Gasteiger partial charge on any atom is -0.497 e. The van der Waals surface area contributed by atoms with Crippen molar-refractivity contribution < 1.29 is 14.3 Å². The molecule has 1 heterocycles. The van der Waals surface area contributed by atoms with Crippen LogP contribution in [0.3, 0.4) is 0 Å². The van der Waals surface area contributed by atoms with E-state index in [-0.39, 0.29) is 28.1 Å². The quantitative estimate of drug-likeness (QED) is 0.707. The number of nitrogens with one attached hydrogen (secondary N) is 2. The molecule has 0 atom stereocenters. The molecule has 2 aromatic rings. The molecule has 2 amide bonds. The molecule has 4 N–H and O–H groups in total. The van der Waals surface area contributed by atoms with Crippen LogP contribution >= 0.6 is 11.5 Å². The minimum atomic E-state index is -0.361. The number of carbonyl (C=O) groups excluding carboxylic acids is 2. The first kappa shape index (κ1) is 17.7. The van der Waals surface area contributed by atoms with Gasteiger partial charge in [-0.05, 0) is 35.6 Å². The number of aromatic nitrogens is 1. The molecule has 24 heavy (non-hydrogen) atoms. The van der Waals surface area contributed by atoms with Gasteiger partial charge in [0, 0.05) is 13.1 Å². The average Bonchev–Trinajstić information content (AvgIpc) is 2.99. The van der Waals surface area contributed by atoms with E-state index in [1.54, 1.807) is 7.11 Å². The predicted octanol–water partition coefficient (Wildman–Crippen LogP) is 1.80. The third kappa shape index (κ3) is 4.23. The highest BCUT2D eigenvalue weighted by molar-refractivity contribution is 7.09. The summed E-state index contributed by atoms with van der Waals surface area (Å²) in [5.41, 5.74) is 7.03. The molecular weight excluding hydrogens is 328 g/mol. The summed E-state index contributed by atoms with van der Waals surface area (Å²) in [4.78, 5) is 24.4. The molecule has 8 heteroatoms. The number of nitrogens with zero attached hydrogens (tertiary/aromatic N) is 1. The van der Waals surface area contributed by atoms with Gasteiger partial charge in [0.2, 0.25) is 0 Å². The summed E-state index contributed by atoms with van der Waals surface area (Å²) < 4.78 is 9.08. The Morgan fingerprint density at radius 3 is 2.54 bits per heavy atom. The molecular formula is C16H20N4O3S. The van der Waals surface area contributed by atoms with Crippen molar-refractivity contribution in [3.8, 4) is 5.75 Å². The second-order valence-corrected chi connectivity index (χ2v) is 5.83. The van der Waals surface area contributed by atoms with Crippen LogP contribution in [0.4, 0.5) is 5.69 Å². The fourth-order valence-electron chi connectivity index (χ4n) is 1.95. The SMILES string of the molecule is CCCNC(=O)c1nsc(C(=O)NCc2ccc(OC)cc2)c1N. The number of hydrogen-bond acceptors (Lipinski definition) is 6. The predicted molar refractivity (Wildman–Crippen MR) is 93.3 cm³/mol. The van der Waals surface area contributed by atoms with Gasteiger partial charge in [0.1, 0.15) is 10.6 Å². The van der Waals surface area contributed by atoms with Crippen LogP contribution in [0.15, 0.2) is 24.3 Å². The van der Waals surface area contributed by atoms with Crippen molar-refractivity contribution in [2.24, 2.45) is 0 Å². The third-order valence-corrected chi connectivity index (χ3v) is 4.16. The zero-order valence-electron chi connectivity index (χ0n) is 13.6. The zero-order valence-corrected chi connectivity index (χ0v) is 14.4. The van der Waals surface area contributed by atoms with Crippen LogP contribution in [0.1, 0.15) is 39.1 Å². The smallest absolute Gasteiger partial charge is 0.273 e. The van der Waals surface area contributed by atoms with Crippen molar-refractivity contribution in [1.29, 1.82) is 0 Å². The van der Waals surface area contributed by atoms with Crippen molar-refractivity contribution in [3.05, 3.63) is 40.4 Å². The summed E-state index contributed by atoms with van der Waals surface area (Å²) in [6.45, 7) is 2.83. The van der Waals surface area contributed by atoms with Gasteiger partial charge in [-0.3, -0.25) is 9.59 Å². The maximum absolute atomic E-state index is 12.2. The standard InChI is InChI=1S/C16H20N4O3S/c1-3-8-18-15(21)13-12(17)14(24-20-13)16(22)19-9-10-4-6-11(23-2)7-5-10/h4-7H,3,8-9,17H2,1-2H3,(H,18,21)(H,19,22). The molecule has 0 aliphatic heterocycles. The summed E-state index contributed by atoms with van der Waals surface area (Å²) >= 11 is 0.919. The Bertz CT molecular complexity index is 713. The first-order valence-corrected chi connectivity index (χ1v) is 8.28. The highest BCUT2D eigenvalue weighted by Gasteiger charge is 2.21. The lowest BCUT2D eigenvalue weighted by molar-refractivity contribution is 0.0949. The molecule has 0 fully saturated rings. The minimum absolute atomic E-state index is 0.100. The molecule has 1 aromatic heterocycles. The molecule has 0 saturated carbocycles. The maximum atomic E-state index is 12.2. The van der Waals surface area contributed by atoms with Crippen molar-refractivity contribution in [1.82, 2.24) is 15.0 Å². The molecule has 0 saturated heterocycles. The number of nitrogen functional groups attached to an aromatic ring is 1. The number of ether oxygens (including phenoxy) is 1. The molecule has 0 aliphatic carbocycles. The van der Waals surface area contributed by atoms with Crippen LogP contribution in [-0.2, 0) is 6.54 Å². The lowest BCUT2D eigenvalue weighted by Crippen LogP contribution is -2.26. The largest absolute Gasteiger partial charge is 0.497 e. The number of amides is 2. The number of anilines is 1. The fourth-order valence-corrected chi connectivity index (χ4v) is 2.67. The van der Waals surface area contributed by atoms with E-state index in [0.29, 0.717) is 13.1 Å². The summed E-state index contributed by atoms with van der Waals surface area (Å²) in [5.74, 6) is 0.0367. The Morgan fingerprint density at radius 2 is 1.92 bits per heavy atom. The molecule has 7 nitrogen and oxygen atoms in total. The van der Waals surface area contributed by atoms with Crippen molar-refractivity contribution in [2.75, 3.05) is 19.4 Å². The van der Waals surface area contributed by atoms with Gasteiger partial charge in [0.15, 0.2) is 5.69 Å². The van der Waals surface area contributed by atoms with Gasteiger partial charge in [-0.1, -0.05) is 19.1 Å². The normalized spacial score (nSPS) is 10.2. The van der Waals surface area contributed by atoms with E-state index in [1.807, 2.05) is 31.2 Å². The highest BCUT2D eigenvalue weighted by Crippen LogP contribution is 2.21. The van der Waals surface area contributed by atoms with Crippen LogP contribution < -0.4 is 21.1 Å². The number of rotatable bonds is 7. The molecule has 0 unspecified atom stereocenters. The second-order valence-electron chi connectivity index (χ2n) is 5.06. The topological polar surface area (TPSA) is 106 Å². The van der Waals surface area contributed by atoms with Crippen LogP contribution in [0.5, 0.6) is 5.75 Å². The fraction of sp³-hybridized carbons (Fsp3) is 0.312. The molecule has 0 aliphatic rings. The first-order chi connectivity index (χ1) is 11.6. The van der Waals surface area contributed by atoms with Crippen LogP contribution in [0.25, 0.3) is 0 Å². The summed E-state index contributed by atoms with van der Waals surface area (Å²) in [6, 6.07) is 7.36. The van der Waals surface area contributed by atoms with Gasteiger partial charge in [-0.25, -0.2) is 0 Å². The van der Waals surface area contributed by atoms with Gasteiger partial charge < -0.3 is 21.1 Å². The van der Waals surface area contributed by atoms with E-state index in [2.05, 4.69) is 15.0 Å².